The van der Waals surface area contributed by atoms with Gasteiger partial charge in [0.05, 0.1) is 0 Å². The second kappa shape index (κ2) is 7.60. The van der Waals surface area contributed by atoms with Crippen LogP contribution in [0.4, 0.5) is 9.59 Å². The van der Waals surface area contributed by atoms with E-state index in [1.807, 2.05) is 0 Å². The molecule has 0 spiro atoms. The molecule has 1 fully saturated rings. The third-order valence-corrected chi connectivity index (χ3v) is 1.94. The third kappa shape index (κ3) is 9.30. The summed E-state index contributed by atoms with van der Waals surface area (Å²) < 4.78 is 0. The number of carbonyl (C=O) groups excluding carboxylic acids is 2. The van der Waals surface area contributed by atoms with Crippen LogP contribution in [0.15, 0.2) is 0 Å². The standard InChI is InChI=1S/C5H12N2.C2H4N2O2S/c1-7-4-2-6-3-5-7;3-1(5)7-2(4)6/h6H,2-5H2,1H3;(H2,3,5)(H2,4,6). The lowest BCUT2D eigenvalue weighted by atomic mass is 10.4. The molecule has 0 saturated carbocycles. The maximum atomic E-state index is 9.69. The van der Waals surface area contributed by atoms with Crippen molar-refractivity contribution in [3.8, 4) is 0 Å². The molecule has 7 heteroatoms. The number of primary amides is 2. The maximum Gasteiger partial charge on any atom is 0.285 e. The van der Waals surface area contributed by atoms with Gasteiger partial charge in [0.25, 0.3) is 10.5 Å². The molecule has 1 aliphatic heterocycles. The van der Waals surface area contributed by atoms with Crippen molar-refractivity contribution in [2.24, 2.45) is 11.5 Å². The van der Waals surface area contributed by atoms with Crippen molar-refractivity contribution in [2.75, 3.05) is 33.2 Å². The molecule has 0 radical (unpaired) electrons. The zero-order chi connectivity index (χ0) is 11.0. The number of thioether (sulfide) groups is 1. The Kier molecular flexibility index (Phi) is 7.17. The summed E-state index contributed by atoms with van der Waals surface area (Å²) in [5.41, 5.74) is 9.03. The number of carbonyl (C=O) groups is 2. The van der Waals surface area contributed by atoms with E-state index in [-0.39, 0.29) is 11.8 Å². The van der Waals surface area contributed by atoms with Crippen molar-refractivity contribution >= 4 is 22.2 Å². The largest absolute Gasteiger partial charge is 0.360 e. The van der Waals surface area contributed by atoms with Gasteiger partial charge in [0.1, 0.15) is 0 Å². The quantitative estimate of drug-likeness (QED) is 0.506. The number of hydrogen-bond donors (Lipinski definition) is 3. The molecule has 14 heavy (non-hydrogen) atoms. The van der Waals surface area contributed by atoms with E-state index in [0.29, 0.717) is 0 Å². The molecule has 1 heterocycles. The van der Waals surface area contributed by atoms with Gasteiger partial charge in [-0.2, -0.15) is 0 Å². The second-order valence-electron chi connectivity index (χ2n) is 2.79. The van der Waals surface area contributed by atoms with Gasteiger partial charge in [0, 0.05) is 37.9 Å². The van der Waals surface area contributed by atoms with E-state index < -0.39 is 10.5 Å². The lowest BCUT2D eigenvalue weighted by Gasteiger charge is -2.21. The van der Waals surface area contributed by atoms with Crippen LogP contribution in [0.1, 0.15) is 0 Å². The molecule has 0 unspecified atom stereocenters. The van der Waals surface area contributed by atoms with E-state index >= 15 is 0 Å². The lowest BCUT2D eigenvalue weighted by Crippen LogP contribution is -2.40. The van der Waals surface area contributed by atoms with E-state index in [1.54, 1.807) is 0 Å². The summed E-state index contributed by atoms with van der Waals surface area (Å²) >= 11 is 0.287. The highest BCUT2D eigenvalue weighted by molar-refractivity contribution is 8.25. The molecule has 6 nitrogen and oxygen atoms in total. The Morgan fingerprint density at radius 1 is 1.21 bits per heavy atom. The molecule has 0 aromatic heterocycles. The van der Waals surface area contributed by atoms with Crippen molar-refractivity contribution in [2.45, 2.75) is 0 Å². The van der Waals surface area contributed by atoms with E-state index in [1.165, 1.54) is 13.1 Å². The molecular formula is C7H16N4O2S. The van der Waals surface area contributed by atoms with Crippen molar-refractivity contribution in [1.82, 2.24) is 10.2 Å². The zero-order valence-electron chi connectivity index (χ0n) is 8.16. The normalized spacial score (nSPS) is 16.6. The van der Waals surface area contributed by atoms with Crippen LogP contribution >= 0.6 is 11.8 Å². The minimum Gasteiger partial charge on any atom is -0.360 e. The smallest absolute Gasteiger partial charge is 0.285 e. The van der Waals surface area contributed by atoms with Crippen molar-refractivity contribution in [3.05, 3.63) is 0 Å². The number of nitrogens with two attached hydrogens (primary N) is 2. The first-order chi connectivity index (χ1) is 6.52. The van der Waals surface area contributed by atoms with Gasteiger partial charge in [0.2, 0.25) is 0 Å². The summed E-state index contributed by atoms with van der Waals surface area (Å²) in [5.74, 6) is 0. The molecule has 0 atom stereocenters. The molecule has 0 aromatic carbocycles. The number of amides is 2. The Bertz CT molecular complexity index is 182. The van der Waals surface area contributed by atoms with Gasteiger partial charge in [-0.1, -0.05) is 0 Å². The SMILES string of the molecule is CN1CCNCC1.NC(=O)SC(N)=O. The first-order valence-electron chi connectivity index (χ1n) is 4.18. The molecule has 5 N–H and O–H groups in total. The molecular weight excluding hydrogens is 204 g/mol. The van der Waals surface area contributed by atoms with Crippen LogP contribution in [-0.4, -0.2) is 48.6 Å². The minimum absolute atomic E-state index is 0.287. The summed E-state index contributed by atoms with van der Waals surface area (Å²) in [6.07, 6.45) is 0. The van der Waals surface area contributed by atoms with Crippen molar-refractivity contribution < 1.29 is 9.59 Å². The average molecular weight is 220 g/mol. The third-order valence-electron chi connectivity index (χ3n) is 1.54. The molecule has 0 aliphatic carbocycles. The Morgan fingerprint density at radius 2 is 1.64 bits per heavy atom. The van der Waals surface area contributed by atoms with Crippen LogP contribution in [0.5, 0.6) is 0 Å². The fourth-order valence-electron chi connectivity index (χ4n) is 0.876. The van der Waals surface area contributed by atoms with E-state index in [2.05, 4.69) is 28.7 Å². The number of nitrogens with zero attached hydrogens (tertiary/aromatic N) is 1. The van der Waals surface area contributed by atoms with Crippen molar-refractivity contribution in [3.63, 3.8) is 0 Å². The number of rotatable bonds is 0. The van der Waals surface area contributed by atoms with E-state index in [0.717, 1.165) is 13.1 Å². The van der Waals surface area contributed by atoms with Gasteiger partial charge in [-0.05, 0) is 7.05 Å². The molecule has 0 bridgehead atoms. The Balaban J connectivity index is 0.000000241. The Labute approximate surface area is 87.4 Å². The van der Waals surface area contributed by atoms with E-state index in [4.69, 9.17) is 0 Å². The number of hydrogen-bond acceptors (Lipinski definition) is 5. The summed E-state index contributed by atoms with van der Waals surface area (Å²) in [6.45, 7) is 4.74. The highest BCUT2D eigenvalue weighted by Gasteiger charge is 2.01. The Hall–Kier alpha value is -0.790. The van der Waals surface area contributed by atoms with Gasteiger partial charge in [-0.15, -0.1) is 0 Å². The van der Waals surface area contributed by atoms with Crippen LogP contribution in [0.3, 0.4) is 0 Å². The monoisotopic (exact) mass is 220 g/mol. The molecule has 1 saturated heterocycles. The highest BCUT2D eigenvalue weighted by Crippen LogP contribution is 1.95. The molecule has 82 valence electrons. The fourth-order valence-corrected chi connectivity index (χ4v) is 1.07. The second-order valence-corrected chi connectivity index (χ2v) is 3.80. The first kappa shape index (κ1) is 13.2. The molecule has 0 aromatic rings. The number of likely N-dealkylation sites (N-methyl/N-ethyl adjacent to an activating group) is 1. The van der Waals surface area contributed by atoms with Gasteiger partial charge in [0.15, 0.2) is 0 Å². The van der Waals surface area contributed by atoms with Gasteiger partial charge >= 0.3 is 0 Å². The predicted octanol–water partition coefficient (Wildman–Crippen LogP) is -0.602. The number of nitrogens with one attached hydrogen (secondary N) is 1. The average Bonchev–Trinajstić information content (AvgIpc) is 2.03. The maximum absolute atomic E-state index is 9.69. The fraction of sp³-hybridized carbons (Fsp3) is 0.714. The first-order valence-corrected chi connectivity index (χ1v) is 5.00. The Morgan fingerprint density at radius 3 is 1.79 bits per heavy atom. The predicted molar refractivity (Wildman–Crippen MR) is 57.1 cm³/mol. The number of piperazine rings is 1. The topological polar surface area (TPSA) is 101 Å². The van der Waals surface area contributed by atoms with Gasteiger partial charge in [-0.25, -0.2) is 0 Å². The molecule has 2 amide bonds. The van der Waals surface area contributed by atoms with E-state index in [9.17, 15) is 9.59 Å². The van der Waals surface area contributed by atoms with Crippen LogP contribution in [0.2, 0.25) is 0 Å². The van der Waals surface area contributed by atoms with Crippen molar-refractivity contribution in [1.29, 1.82) is 0 Å². The van der Waals surface area contributed by atoms with Crippen LogP contribution in [0, 0.1) is 0 Å². The van der Waals surface area contributed by atoms with Crippen LogP contribution in [-0.2, 0) is 0 Å². The van der Waals surface area contributed by atoms with Crippen LogP contribution < -0.4 is 16.8 Å². The summed E-state index contributed by atoms with van der Waals surface area (Å²) in [6, 6.07) is 0. The molecule has 1 rings (SSSR count). The minimum atomic E-state index is -0.771. The van der Waals surface area contributed by atoms with Gasteiger partial charge < -0.3 is 21.7 Å². The molecule has 1 aliphatic rings. The summed E-state index contributed by atoms with van der Waals surface area (Å²) in [4.78, 5) is 21.7. The highest BCUT2D eigenvalue weighted by atomic mass is 32.2. The van der Waals surface area contributed by atoms with Crippen LogP contribution in [0.25, 0.3) is 0 Å². The summed E-state index contributed by atoms with van der Waals surface area (Å²) in [5, 5.41) is 1.73. The summed E-state index contributed by atoms with van der Waals surface area (Å²) in [7, 11) is 2.15. The van der Waals surface area contributed by atoms with Gasteiger partial charge in [-0.3, -0.25) is 9.59 Å². The zero-order valence-corrected chi connectivity index (χ0v) is 8.97. The lowest BCUT2D eigenvalue weighted by molar-refractivity contribution is 0.264.